The quantitative estimate of drug-likeness (QED) is 0.764. The highest BCUT2D eigenvalue weighted by atomic mass is 32.2. The predicted octanol–water partition coefficient (Wildman–Crippen LogP) is 3.60. The second kappa shape index (κ2) is 7.16. The summed E-state index contributed by atoms with van der Waals surface area (Å²) in [6.07, 6.45) is 4.08. The molecule has 0 fully saturated rings. The van der Waals surface area contributed by atoms with Gasteiger partial charge in [0.1, 0.15) is 4.90 Å². The van der Waals surface area contributed by atoms with Crippen molar-refractivity contribution in [3.8, 4) is 17.6 Å². The van der Waals surface area contributed by atoms with Gasteiger partial charge in [0.15, 0.2) is 11.5 Å². The number of nitriles is 1. The van der Waals surface area contributed by atoms with Gasteiger partial charge < -0.3 is 8.92 Å². The van der Waals surface area contributed by atoms with E-state index in [0.717, 1.165) is 31.2 Å². The number of hydrogen-bond acceptors (Lipinski definition) is 5. The number of nitrogens with zero attached hydrogens (tertiary/aromatic N) is 1. The number of rotatable bonds is 5. The van der Waals surface area contributed by atoms with Gasteiger partial charge in [-0.15, -0.1) is 0 Å². The summed E-state index contributed by atoms with van der Waals surface area (Å²) in [5.41, 5.74) is 2.65. The molecule has 0 aromatic heterocycles. The molecule has 0 unspecified atom stereocenters. The Bertz CT molecular complexity index is 929. The van der Waals surface area contributed by atoms with Gasteiger partial charge >= 0.3 is 10.1 Å². The van der Waals surface area contributed by atoms with Gasteiger partial charge in [0, 0.05) is 6.07 Å². The minimum absolute atomic E-state index is 0.0820. The zero-order valence-corrected chi connectivity index (χ0v) is 14.8. The summed E-state index contributed by atoms with van der Waals surface area (Å²) in [6.45, 7) is 2.12. The Balaban J connectivity index is 1.93. The minimum atomic E-state index is -3.97. The van der Waals surface area contributed by atoms with Gasteiger partial charge in [-0.05, 0) is 68.0 Å². The Labute approximate surface area is 147 Å². The molecule has 2 aromatic carbocycles. The molecule has 0 atom stereocenters. The second-order valence-electron chi connectivity index (χ2n) is 5.88. The molecule has 0 N–H and O–H groups in total. The lowest BCUT2D eigenvalue weighted by atomic mass is 9.92. The van der Waals surface area contributed by atoms with Crippen molar-refractivity contribution < 1.29 is 17.3 Å². The van der Waals surface area contributed by atoms with Crippen LogP contribution in [0.25, 0.3) is 0 Å². The molecule has 0 amide bonds. The summed E-state index contributed by atoms with van der Waals surface area (Å²) in [7, 11) is -3.97. The van der Waals surface area contributed by atoms with E-state index in [-0.39, 0.29) is 16.4 Å². The average molecular weight is 357 g/mol. The molecule has 0 radical (unpaired) electrons. The van der Waals surface area contributed by atoms with Crippen molar-refractivity contribution in [3.63, 3.8) is 0 Å². The second-order valence-corrected chi connectivity index (χ2v) is 7.43. The van der Waals surface area contributed by atoms with E-state index in [1.54, 1.807) is 19.1 Å². The van der Waals surface area contributed by atoms with E-state index in [1.165, 1.54) is 23.8 Å². The highest BCUT2D eigenvalue weighted by Gasteiger charge is 2.21. The molecule has 1 aliphatic carbocycles. The van der Waals surface area contributed by atoms with Gasteiger partial charge in [-0.1, -0.05) is 6.07 Å². The van der Waals surface area contributed by atoms with Crippen LogP contribution in [-0.4, -0.2) is 15.0 Å². The van der Waals surface area contributed by atoms with Crippen LogP contribution in [0.2, 0.25) is 0 Å². The zero-order valence-electron chi connectivity index (χ0n) is 14.0. The van der Waals surface area contributed by atoms with E-state index >= 15 is 0 Å². The van der Waals surface area contributed by atoms with Crippen molar-refractivity contribution in [2.45, 2.75) is 37.5 Å². The van der Waals surface area contributed by atoms with E-state index in [1.807, 2.05) is 12.1 Å². The summed E-state index contributed by atoms with van der Waals surface area (Å²) in [4.78, 5) is 0.139. The van der Waals surface area contributed by atoms with Crippen LogP contribution in [0.4, 0.5) is 0 Å². The van der Waals surface area contributed by atoms with Crippen LogP contribution in [0.5, 0.6) is 11.5 Å². The summed E-state index contributed by atoms with van der Waals surface area (Å²) in [5, 5.41) is 8.98. The average Bonchev–Trinajstić information content (AvgIpc) is 2.62. The fourth-order valence-electron chi connectivity index (χ4n) is 2.95. The van der Waals surface area contributed by atoms with E-state index in [9.17, 15) is 8.42 Å². The first-order valence-corrected chi connectivity index (χ1v) is 9.67. The molecular weight excluding hydrogens is 338 g/mol. The molecule has 3 rings (SSSR count). The SMILES string of the molecule is CCOc1cc(C#N)ccc1OS(=O)(=O)c1ccc2c(c1)CCCC2. The monoisotopic (exact) mass is 357 g/mol. The molecule has 0 spiro atoms. The van der Waals surface area contributed by atoms with E-state index in [4.69, 9.17) is 14.2 Å². The van der Waals surface area contributed by atoms with Crippen LogP contribution in [-0.2, 0) is 23.0 Å². The summed E-state index contributed by atoms with van der Waals surface area (Å²) in [5.74, 6) is 0.321. The molecule has 0 bridgehead atoms. The maximum atomic E-state index is 12.7. The fourth-order valence-corrected chi connectivity index (χ4v) is 3.94. The third-order valence-electron chi connectivity index (χ3n) is 4.18. The lowest BCUT2D eigenvalue weighted by Crippen LogP contribution is -2.12. The number of fused-ring (bicyclic) bond motifs is 1. The number of aryl methyl sites for hydroxylation is 2. The standard InChI is InChI=1S/C19H19NO4S/c1-2-23-19-11-14(13-20)7-10-18(19)24-25(21,22)17-9-8-15-5-3-4-6-16(15)12-17/h7-12H,2-6H2,1H3. The van der Waals surface area contributed by atoms with Crippen molar-refractivity contribution in [2.75, 3.05) is 6.61 Å². The van der Waals surface area contributed by atoms with Crippen molar-refractivity contribution in [3.05, 3.63) is 53.1 Å². The van der Waals surface area contributed by atoms with Crippen LogP contribution in [0.1, 0.15) is 36.5 Å². The molecule has 1 aliphatic rings. The van der Waals surface area contributed by atoms with Gasteiger partial charge in [0.05, 0.1) is 18.2 Å². The zero-order chi connectivity index (χ0) is 17.9. The van der Waals surface area contributed by atoms with E-state index < -0.39 is 10.1 Å². The van der Waals surface area contributed by atoms with Gasteiger partial charge in [0.2, 0.25) is 0 Å². The highest BCUT2D eigenvalue weighted by molar-refractivity contribution is 7.87. The first-order chi connectivity index (χ1) is 12.0. The fraction of sp³-hybridized carbons (Fsp3) is 0.316. The molecule has 2 aromatic rings. The lowest BCUT2D eigenvalue weighted by Gasteiger charge is -2.17. The normalized spacial score (nSPS) is 13.6. The van der Waals surface area contributed by atoms with E-state index in [2.05, 4.69) is 0 Å². The van der Waals surface area contributed by atoms with Gasteiger partial charge in [-0.2, -0.15) is 13.7 Å². The Morgan fingerprint density at radius 3 is 2.52 bits per heavy atom. The van der Waals surface area contributed by atoms with Crippen molar-refractivity contribution in [1.29, 1.82) is 5.26 Å². The lowest BCUT2D eigenvalue weighted by molar-refractivity contribution is 0.327. The Morgan fingerprint density at radius 1 is 1.04 bits per heavy atom. The number of ether oxygens (including phenoxy) is 1. The first-order valence-electron chi connectivity index (χ1n) is 8.26. The van der Waals surface area contributed by atoms with Crippen LogP contribution in [0.3, 0.4) is 0 Å². The van der Waals surface area contributed by atoms with E-state index in [0.29, 0.717) is 12.2 Å². The van der Waals surface area contributed by atoms with Crippen LogP contribution < -0.4 is 8.92 Å². The Kier molecular flexibility index (Phi) is 4.95. The molecule has 25 heavy (non-hydrogen) atoms. The maximum Gasteiger partial charge on any atom is 0.339 e. The van der Waals surface area contributed by atoms with Crippen molar-refractivity contribution in [1.82, 2.24) is 0 Å². The third-order valence-corrected chi connectivity index (χ3v) is 5.41. The predicted molar refractivity (Wildman–Crippen MR) is 93.2 cm³/mol. The minimum Gasteiger partial charge on any atom is -0.490 e. The summed E-state index contributed by atoms with van der Waals surface area (Å²) < 4.78 is 36.0. The van der Waals surface area contributed by atoms with Gasteiger partial charge in [-0.25, -0.2) is 0 Å². The Morgan fingerprint density at radius 2 is 1.80 bits per heavy atom. The summed E-state index contributed by atoms with van der Waals surface area (Å²) in [6, 6.07) is 11.6. The van der Waals surface area contributed by atoms with Crippen LogP contribution >= 0.6 is 0 Å². The smallest absolute Gasteiger partial charge is 0.339 e. The van der Waals surface area contributed by atoms with Gasteiger partial charge in [0.25, 0.3) is 0 Å². The summed E-state index contributed by atoms with van der Waals surface area (Å²) >= 11 is 0. The molecule has 6 heteroatoms. The molecular formula is C19H19NO4S. The molecule has 0 saturated carbocycles. The maximum absolute atomic E-state index is 12.7. The molecule has 5 nitrogen and oxygen atoms in total. The van der Waals surface area contributed by atoms with Gasteiger partial charge in [-0.3, -0.25) is 0 Å². The molecule has 0 saturated heterocycles. The molecule has 130 valence electrons. The molecule has 0 heterocycles. The third kappa shape index (κ3) is 3.77. The van der Waals surface area contributed by atoms with Crippen LogP contribution in [0, 0.1) is 11.3 Å². The van der Waals surface area contributed by atoms with Crippen LogP contribution in [0.15, 0.2) is 41.3 Å². The van der Waals surface area contributed by atoms with Crippen molar-refractivity contribution >= 4 is 10.1 Å². The highest BCUT2D eigenvalue weighted by Crippen LogP contribution is 2.32. The number of benzene rings is 2. The number of hydrogen-bond donors (Lipinski definition) is 0. The largest absolute Gasteiger partial charge is 0.490 e. The first kappa shape index (κ1) is 17.3. The Hall–Kier alpha value is -2.52. The van der Waals surface area contributed by atoms with Crippen molar-refractivity contribution in [2.24, 2.45) is 0 Å². The molecule has 0 aliphatic heterocycles. The topological polar surface area (TPSA) is 76.4 Å².